The number of hydrogen-bond donors (Lipinski definition) is 0. The topological polar surface area (TPSA) is 58.6 Å². The molecule has 0 radical (unpaired) electrons. The number of benzene rings is 1. The van der Waals surface area contributed by atoms with E-state index < -0.39 is 0 Å². The fraction of sp³-hybridized carbons (Fsp3) is 0.476. The monoisotopic (exact) mass is 366 g/mol. The second kappa shape index (κ2) is 8.05. The first-order valence-electron chi connectivity index (χ1n) is 9.68. The second-order valence-electron chi connectivity index (χ2n) is 7.44. The van der Waals surface area contributed by atoms with Crippen molar-refractivity contribution in [3.8, 4) is 5.75 Å². The first-order valence-corrected chi connectivity index (χ1v) is 9.68. The van der Waals surface area contributed by atoms with Crippen LogP contribution in [0.4, 0.5) is 0 Å². The van der Waals surface area contributed by atoms with Gasteiger partial charge in [0.25, 0.3) is 5.91 Å². The number of carbonyl (C=O) groups is 1. The molecule has 2 aromatic rings. The van der Waals surface area contributed by atoms with E-state index >= 15 is 0 Å². The van der Waals surface area contributed by atoms with Gasteiger partial charge >= 0.3 is 0 Å². The summed E-state index contributed by atoms with van der Waals surface area (Å²) >= 11 is 0. The average Bonchev–Trinajstić information content (AvgIpc) is 2.72. The molecule has 3 heterocycles. The number of amides is 1. The van der Waals surface area contributed by atoms with Crippen molar-refractivity contribution in [2.24, 2.45) is 0 Å². The van der Waals surface area contributed by atoms with Gasteiger partial charge in [0.15, 0.2) is 6.61 Å². The van der Waals surface area contributed by atoms with Crippen molar-refractivity contribution in [2.45, 2.75) is 31.7 Å². The molecule has 0 unspecified atom stereocenters. The molecule has 142 valence electrons. The van der Waals surface area contributed by atoms with Crippen LogP contribution in [0.2, 0.25) is 0 Å². The molecule has 6 nitrogen and oxygen atoms in total. The molecular formula is C21H26N4O2. The summed E-state index contributed by atoms with van der Waals surface area (Å²) in [5.74, 6) is 2.07. The molecule has 2 aliphatic rings. The molecule has 2 aliphatic heterocycles. The summed E-state index contributed by atoms with van der Waals surface area (Å²) in [6, 6.07) is 9.47. The predicted octanol–water partition coefficient (Wildman–Crippen LogP) is 2.25. The van der Waals surface area contributed by atoms with Crippen LogP contribution >= 0.6 is 0 Å². The van der Waals surface area contributed by atoms with Gasteiger partial charge in [-0.15, -0.1) is 0 Å². The van der Waals surface area contributed by atoms with E-state index in [4.69, 9.17) is 9.72 Å². The van der Waals surface area contributed by atoms with Crippen molar-refractivity contribution < 1.29 is 9.53 Å². The third-order valence-electron chi connectivity index (χ3n) is 5.46. The van der Waals surface area contributed by atoms with Crippen molar-refractivity contribution in [3.05, 3.63) is 53.6 Å². The van der Waals surface area contributed by atoms with Crippen LogP contribution in [0.1, 0.15) is 35.8 Å². The molecule has 1 aromatic heterocycles. The fourth-order valence-electron chi connectivity index (χ4n) is 3.81. The number of likely N-dealkylation sites (N-methyl/N-ethyl adjacent to an activating group) is 1. The SMILES string of the molecule is CN1CCc2nc(C3CCN(C(=O)COc4ccccc4)CC3)ncc2C1. The van der Waals surface area contributed by atoms with Crippen molar-refractivity contribution in [1.29, 1.82) is 0 Å². The minimum atomic E-state index is 0.0479. The van der Waals surface area contributed by atoms with Gasteiger partial charge in [-0.1, -0.05) is 18.2 Å². The lowest BCUT2D eigenvalue weighted by Crippen LogP contribution is -2.40. The number of nitrogens with zero attached hydrogens (tertiary/aromatic N) is 4. The largest absolute Gasteiger partial charge is 0.484 e. The van der Waals surface area contributed by atoms with Gasteiger partial charge in [-0.05, 0) is 32.0 Å². The number of aromatic nitrogens is 2. The summed E-state index contributed by atoms with van der Waals surface area (Å²) in [5.41, 5.74) is 2.45. The van der Waals surface area contributed by atoms with Crippen LogP contribution in [0.3, 0.4) is 0 Å². The molecule has 27 heavy (non-hydrogen) atoms. The van der Waals surface area contributed by atoms with Crippen molar-refractivity contribution in [2.75, 3.05) is 33.3 Å². The lowest BCUT2D eigenvalue weighted by molar-refractivity contribution is -0.134. The smallest absolute Gasteiger partial charge is 0.260 e. The maximum atomic E-state index is 12.4. The van der Waals surface area contributed by atoms with E-state index in [0.29, 0.717) is 5.92 Å². The van der Waals surface area contributed by atoms with E-state index in [9.17, 15) is 4.79 Å². The zero-order valence-corrected chi connectivity index (χ0v) is 15.8. The molecule has 1 saturated heterocycles. The van der Waals surface area contributed by atoms with Crippen LogP contribution in [0, 0.1) is 0 Å². The van der Waals surface area contributed by atoms with Crippen molar-refractivity contribution >= 4 is 5.91 Å². The lowest BCUT2D eigenvalue weighted by Gasteiger charge is -2.32. The Morgan fingerprint density at radius 2 is 1.96 bits per heavy atom. The molecule has 6 heteroatoms. The molecule has 1 fully saturated rings. The predicted molar refractivity (Wildman–Crippen MR) is 103 cm³/mol. The van der Waals surface area contributed by atoms with Crippen LogP contribution in [-0.2, 0) is 17.8 Å². The number of fused-ring (bicyclic) bond motifs is 1. The van der Waals surface area contributed by atoms with Gasteiger partial charge in [-0.25, -0.2) is 9.97 Å². The standard InChI is InChI=1S/C21H26N4O2/c1-24-10-9-19-17(14-24)13-22-21(23-19)16-7-11-25(12-8-16)20(26)15-27-18-5-3-2-4-6-18/h2-6,13,16H,7-12,14-15H2,1H3. The molecule has 1 aromatic carbocycles. The van der Waals surface area contributed by atoms with Gasteiger partial charge in [0.05, 0.1) is 0 Å². The molecular weight excluding hydrogens is 340 g/mol. The number of hydrogen-bond acceptors (Lipinski definition) is 5. The number of piperidine rings is 1. The van der Waals surface area contributed by atoms with Crippen LogP contribution in [0.25, 0.3) is 0 Å². The summed E-state index contributed by atoms with van der Waals surface area (Å²) in [7, 11) is 2.13. The maximum absolute atomic E-state index is 12.4. The highest BCUT2D eigenvalue weighted by Gasteiger charge is 2.26. The summed E-state index contributed by atoms with van der Waals surface area (Å²) in [6.07, 6.45) is 4.82. The summed E-state index contributed by atoms with van der Waals surface area (Å²) < 4.78 is 5.58. The van der Waals surface area contributed by atoms with E-state index in [1.54, 1.807) is 0 Å². The van der Waals surface area contributed by atoms with Crippen LogP contribution in [0.5, 0.6) is 5.75 Å². The summed E-state index contributed by atoms with van der Waals surface area (Å²) in [5, 5.41) is 0. The molecule has 0 spiro atoms. The molecule has 0 saturated carbocycles. The molecule has 4 rings (SSSR count). The minimum absolute atomic E-state index is 0.0479. The lowest BCUT2D eigenvalue weighted by atomic mass is 9.95. The van der Waals surface area contributed by atoms with Gasteiger partial charge < -0.3 is 14.5 Å². The maximum Gasteiger partial charge on any atom is 0.260 e. The van der Waals surface area contributed by atoms with Gasteiger partial charge in [-0.2, -0.15) is 0 Å². The molecule has 0 N–H and O–H groups in total. The fourth-order valence-corrected chi connectivity index (χ4v) is 3.81. The number of ether oxygens (including phenoxy) is 1. The molecule has 0 atom stereocenters. The third kappa shape index (κ3) is 4.27. The highest BCUT2D eigenvalue weighted by atomic mass is 16.5. The van der Waals surface area contributed by atoms with Gasteiger partial charge in [0, 0.05) is 56.0 Å². The second-order valence-corrected chi connectivity index (χ2v) is 7.44. The van der Waals surface area contributed by atoms with Crippen molar-refractivity contribution in [1.82, 2.24) is 19.8 Å². The van der Waals surface area contributed by atoms with E-state index in [-0.39, 0.29) is 12.5 Å². The van der Waals surface area contributed by atoms with E-state index in [1.165, 1.54) is 11.3 Å². The van der Waals surface area contributed by atoms with E-state index in [0.717, 1.165) is 57.0 Å². The van der Waals surface area contributed by atoms with Crippen molar-refractivity contribution in [3.63, 3.8) is 0 Å². The molecule has 1 amide bonds. The van der Waals surface area contributed by atoms with E-state index in [1.807, 2.05) is 41.4 Å². The Morgan fingerprint density at radius 1 is 1.19 bits per heavy atom. The Bertz CT molecular complexity index is 788. The Labute approximate surface area is 160 Å². The zero-order valence-electron chi connectivity index (χ0n) is 15.8. The van der Waals surface area contributed by atoms with E-state index in [2.05, 4.69) is 16.9 Å². The normalized spacial score (nSPS) is 18.2. The quantitative estimate of drug-likeness (QED) is 0.831. The van der Waals surface area contributed by atoms with Gasteiger partial charge in [0.1, 0.15) is 11.6 Å². The average molecular weight is 366 g/mol. The highest BCUT2D eigenvalue weighted by molar-refractivity contribution is 5.77. The Hall–Kier alpha value is -2.47. The summed E-state index contributed by atoms with van der Waals surface area (Å²) in [4.78, 5) is 26.1. The minimum Gasteiger partial charge on any atom is -0.484 e. The Morgan fingerprint density at radius 3 is 2.74 bits per heavy atom. The highest BCUT2D eigenvalue weighted by Crippen LogP contribution is 2.27. The van der Waals surface area contributed by atoms with Gasteiger partial charge in [-0.3, -0.25) is 4.79 Å². The number of para-hydroxylation sites is 1. The first kappa shape index (κ1) is 17.9. The van der Waals surface area contributed by atoms with Crippen LogP contribution in [-0.4, -0.2) is 59.0 Å². The third-order valence-corrected chi connectivity index (χ3v) is 5.46. The Kier molecular flexibility index (Phi) is 5.34. The number of likely N-dealkylation sites (tertiary alicyclic amines) is 1. The number of carbonyl (C=O) groups excluding carboxylic acids is 1. The molecule has 0 bridgehead atoms. The zero-order chi connectivity index (χ0) is 18.6. The summed E-state index contributed by atoms with van der Waals surface area (Å²) in [6.45, 7) is 3.56. The van der Waals surface area contributed by atoms with Gasteiger partial charge in [0.2, 0.25) is 0 Å². The Balaban J connectivity index is 1.30. The van der Waals surface area contributed by atoms with Crippen LogP contribution < -0.4 is 4.74 Å². The number of rotatable bonds is 4. The van der Waals surface area contributed by atoms with Crippen LogP contribution in [0.15, 0.2) is 36.5 Å². The molecule has 0 aliphatic carbocycles. The first-order chi connectivity index (χ1) is 13.2.